The molecule has 0 radical (unpaired) electrons. The zero-order chi connectivity index (χ0) is 15.2. The normalized spacial score (nSPS) is 18.7. The first kappa shape index (κ1) is 17.1. The van der Waals surface area contributed by atoms with Gasteiger partial charge >= 0.3 is 0 Å². The summed E-state index contributed by atoms with van der Waals surface area (Å²) < 4.78 is 0. The Bertz CT molecular complexity index is 444. The minimum Gasteiger partial charge on any atom is -0.388 e. The third-order valence-corrected chi connectivity index (χ3v) is 5.38. The second-order valence-electron chi connectivity index (χ2n) is 6.07. The molecule has 0 aromatic heterocycles. The van der Waals surface area contributed by atoms with E-state index >= 15 is 0 Å². The maximum Gasteiger partial charge on any atom is 0.0817 e. The molecule has 0 heterocycles. The Balaban J connectivity index is 1.88. The molecule has 0 spiro atoms. The average Bonchev–Trinajstić information content (AvgIpc) is 2.76. The van der Waals surface area contributed by atoms with Crippen LogP contribution in [0.25, 0.3) is 0 Å². The summed E-state index contributed by atoms with van der Waals surface area (Å²) in [5.41, 5.74) is 0.735. The fourth-order valence-corrected chi connectivity index (χ4v) is 3.57. The zero-order valence-electron chi connectivity index (χ0n) is 12.7. The van der Waals surface area contributed by atoms with Gasteiger partial charge in [0, 0.05) is 18.2 Å². The van der Waals surface area contributed by atoms with E-state index in [1.807, 2.05) is 12.1 Å². The molecule has 0 aliphatic heterocycles. The zero-order valence-corrected chi connectivity index (χ0v) is 14.2. The van der Waals surface area contributed by atoms with Crippen LogP contribution in [0, 0.1) is 0 Å². The van der Waals surface area contributed by atoms with Crippen LogP contribution in [-0.4, -0.2) is 29.6 Å². The molecule has 4 heteroatoms. The number of aliphatic hydroxyl groups is 1. The van der Waals surface area contributed by atoms with E-state index in [4.69, 9.17) is 23.2 Å². The lowest BCUT2D eigenvalue weighted by Crippen LogP contribution is -2.32. The molecule has 2 nitrogen and oxygen atoms in total. The van der Waals surface area contributed by atoms with Crippen LogP contribution in [0.5, 0.6) is 0 Å². The van der Waals surface area contributed by atoms with Crippen LogP contribution in [0.3, 0.4) is 0 Å². The first-order valence-electron chi connectivity index (χ1n) is 7.92. The number of hydrogen-bond acceptors (Lipinski definition) is 2. The summed E-state index contributed by atoms with van der Waals surface area (Å²) in [5, 5.41) is 11.3. The van der Waals surface area contributed by atoms with Gasteiger partial charge in [-0.2, -0.15) is 0 Å². The van der Waals surface area contributed by atoms with Crippen LogP contribution in [0.2, 0.25) is 10.0 Å². The minimum atomic E-state index is -0.551. The van der Waals surface area contributed by atoms with Crippen molar-refractivity contribution in [2.45, 2.75) is 57.1 Å². The number of benzene rings is 1. The van der Waals surface area contributed by atoms with Crippen LogP contribution in [0.1, 0.15) is 56.6 Å². The lowest BCUT2D eigenvalue weighted by molar-refractivity contribution is 0.132. The van der Waals surface area contributed by atoms with Crippen LogP contribution in [-0.2, 0) is 0 Å². The second-order valence-corrected chi connectivity index (χ2v) is 6.86. The lowest BCUT2D eigenvalue weighted by atomic mass is 10.0. The van der Waals surface area contributed by atoms with Gasteiger partial charge in [0.2, 0.25) is 0 Å². The van der Waals surface area contributed by atoms with E-state index in [2.05, 4.69) is 11.9 Å². The molecule has 1 aliphatic rings. The van der Waals surface area contributed by atoms with Gasteiger partial charge in [-0.15, -0.1) is 0 Å². The molecule has 1 saturated carbocycles. The van der Waals surface area contributed by atoms with Gasteiger partial charge in [-0.3, -0.25) is 0 Å². The third-order valence-electron chi connectivity index (χ3n) is 4.54. The highest BCUT2D eigenvalue weighted by Crippen LogP contribution is 2.31. The van der Waals surface area contributed by atoms with Crippen molar-refractivity contribution in [3.05, 3.63) is 33.8 Å². The third kappa shape index (κ3) is 4.85. The Kier molecular flexibility index (Phi) is 6.81. The largest absolute Gasteiger partial charge is 0.388 e. The average molecular weight is 330 g/mol. The predicted molar refractivity (Wildman–Crippen MR) is 90.2 cm³/mol. The molecule has 1 N–H and O–H groups in total. The number of rotatable bonds is 5. The summed E-state index contributed by atoms with van der Waals surface area (Å²) in [6.45, 7) is 0.884. The highest BCUT2D eigenvalue weighted by atomic mass is 35.5. The Morgan fingerprint density at radius 1 is 1.19 bits per heavy atom. The van der Waals surface area contributed by atoms with Crippen molar-refractivity contribution in [2.24, 2.45) is 0 Å². The molecule has 118 valence electrons. The topological polar surface area (TPSA) is 23.5 Å². The molecule has 1 atom stereocenters. The van der Waals surface area contributed by atoms with Crippen molar-refractivity contribution in [3.8, 4) is 0 Å². The van der Waals surface area contributed by atoms with E-state index in [1.54, 1.807) is 6.07 Å². The maximum absolute atomic E-state index is 10.4. The Labute approximate surface area is 138 Å². The highest BCUT2D eigenvalue weighted by Gasteiger charge is 2.19. The standard InChI is InChI=1S/C17H25Cl2NO/c1-20(13-7-4-2-3-5-8-13)12-11-16(21)14-9-6-10-15(18)17(14)19/h6,9-10,13,16,21H,2-5,7-8,11-12H2,1H3. The molecule has 0 bridgehead atoms. The molecule has 1 aromatic carbocycles. The summed E-state index contributed by atoms with van der Waals surface area (Å²) in [5.74, 6) is 0. The molecule has 0 saturated heterocycles. The van der Waals surface area contributed by atoms with Crippen molar-refractivity contribution in [3.63, 3.8) is 0 Å². The Hall–Kier alpha value is -0.280. The number of aliphatic hydroxyl groups excluding tert-OH is 1. The van der Waals surface area contributed by atoms with E-state index in [9.17, 15) is 5.11 Å². The molecule has 1 aromatic rings. The summed E-state index contributed by atoms with van der Waals surface area (Å²) in [4.78, 5) is 2.40. The fraction of sp³-hybridized carbons (Fsp3) is 0.647. The van der Waals surface area contributed by atoms with E-state index in [1.165, 1.54) is 38.5 Å². The predicted octanol–water partition coefficient (Wildman–Crippen LogP) is 5.07. The number of hydrogen-bond donors (Lipinski definition) is 1. The first-order valence-corrected chi connectivity index (χ1v) is 8.67. The van der Waals surface area contributed by atoms with Gasteiger partial charge in [0.25, 0.3) is 0 Å². The van der Waals surface area contributed by atoms with Gasteiger partial charge in [0.1, 0.15) is 0 Å². The van der Waals surface area contributed by atoms with Crippen molar-refractivity contribution in [1.29, 1.82) is 0 Å². The summed E-state index contributed by atoms with van der Waals surface area (Å²) in [7, 11) is 2.17. The monoisotopic (exact) mass is 329 g/mol. The van der Waals surface area contributed by atoms with E-state index in [0.717, 1.165) is 12.1 Å². The van der Waals surface area contributed by atoms with Crippen molar-refractivity contribution < 1.29 is 5.11 Å². The van der Waals surface area contributed by atoms with Crippen molar-refractivity contribution in [2.75, 3.05) is 13.6 Å². The van der Waals surface area contributed by atoms with Crippen molar-refractivity contribution in [1.82, 2.24) is 4.90 Å². The van der Waals surface area contributed by atoms with Gasteiger partial charge < -0.3 is 10.0 Å². The molecule has 2 rings (SSSR count). The number of halogens is 2. The van der Waals surface area contributed by atoms with E-state index in [-0.39, 0.29) is 0 Å². The van der Waals surface area contributed by atoms with Crippen LogP contribution < -0.4 is 0 Å². The Morgan fingerprint density at radius 3 is 2.52 bits per heavy atom. The lowest BCUT2D eigenvalue weighted by Gasteiger charge is -2.28. The maximum atomic E-state index is 10.4. The molecular formula is C17H25Cl2NO. The molecule has 0 amide bonds. The van der Waals surface area contributed by atoms with Crippen LogP contribution in [0.15, 0.2) is 18.2 Å². The van der Waals surface area contributed by atoms with Crippen LogP contribution >= 0.6 is 23.2 Å². The summed E-state index contributed by atoms with van der Waals surface area (Å²) in [6.07, 6.45) is 8.10. The summed E-state index contributed by atoms with van der Waals surface area (Å²) >= 11 is 12.2. The molecule has 1 fully saturated rings. The fourth-order valence-electron chi connectivity index (χ4n) is 3.14. The highest BCUT2D eigenvalue weighted by molar-refractivity contribution is 6.42. The first-order chi connectivity index (χ1) is 10.1. The van der Waals surface area contributed by atoms with Crippen LogP contribution in [0.4, 0.5) is 0 Å². The van der Waals surface area contributed by atoms with Gasteiger partial charge in [-0.05, 0) is 32.4 Å². The minimum absolute atomic E-state index is 0.476. The molecule has 1 aliphatic carbocycles. The number of nitrogens with zero attached hydrogens (tertiary/aromatic N) is 1. The smallest absolute Gasteiger partial charge is 0.0817 e. The quantitative estimate of drug-likeness (QED) is 0.762. The van der Waals surface area contributed by atoms with Gasteiger partial charge in [-0.25, -0.2) is 0 Å². The van der Waals surface area contributed by atoms with Gasteiger partial charge in [0.15, 0.2) is 0 Å². The summed E-state index contributed by atoms with van der Waals surface area (Å²) in [6, 6.07) is 6.10. The van der Waals surface area contributed by atoms with Gasteiger partial charge in [0.05, 0.1) is 16.1 Å². The molecule has 1 unspecified atom stereocenters. The molecular weight excluding hydrogens is 305 g/mol. The Morgan fingerprint density at radius 2 is 1.86 bits per heavy atom. The van der Waals surface area contributed by atoms with Gasteiger partial charge in [-0.1, -0.05) is 61.0 Å². The second kappa shape index (κ2) is 8.38. The van der Waals surface area contributed by atoms with E-state index in [0.29, 0.717) is 22.5 Å². The molecule has 21 heavy (non-hydrogen) atoms. The van der Waals surface area contributed by atoms with E-state index < -0.39 is 6.10 Å². The van der Waals surface area contributed by atoms with Crippen molar-refractivity contribution >= 4 is 23.2 Å². The SMILES string of the molecule is CN(CCC(O)c1cccc(Cl)c1Cl)C1CCCCCC1.